The first-order chi connectivity index (χ1) is 7.81. The highest BCUT2D eigenvalue weighted by molar-refractivity contribution is 5.49. The summed E-state index contributed by atoms with van der Waals surface area (Å²) in [7, 11) is 1.79. The van der Waals surface area contributed by atoms with E-state index in [2.05, 4.69) is 24.4 Å². The summed E-state index contributed by atoms with van der Waals surface area (Å²) < 4.78 is 5.57. The normalized spacial score (nSPS) is 27.4. The van der Waals surface area contributed by atoms with Gasteiger partial charge in [0.2, 0.25) is 0 Å². The summed E-state index contributed by atoms with van der Waals surface area (Å²) in [6, 6.07) is 5.23. The van der Waals surface area contributed by atoms with Crippen LogP contribution in [0.15, 0.2) is 12.1 Å². The van der Waals surface area contributed by atoms with Gasteiger partial charge in [0, 0.05) is 12.0 Å². The van der Waals surface area contributed by atoms with Crippen LogP contribution in [0.4, 0.5) is 0 Å². The maximum absolute atomic E-state index is 5.57. The zero-order chi connectivity index (χ0) is 11.1. The van der Waals surface area contributed by atoms with Gasteiger partial charge in [-0.15, -0.1) is 0 Å². The van der Waals surface area contributed by atoms with Crippen LogP contribution in [0.3, 0.4) is 0 Å². The van der Waals surface area contributed by atoms with Crippen LogP contribution < -0.4 is 10.1 Å². The van der Waals surface area contributed by atoms with E-state index in [9.17, 15) is 0 Å². The zero-order valence-corrected chi connectivity index (χ0v) is 10.0. The fourth-order valence-corrected chi connectivity index (χ4v) is 3.39. The molecule has 2 atom stereocenters. The van der Waals surface area contributed by atoms with Gasteiger partial charge in [-0.25, -0.2) is 0 Å². The molecular formula is C14H19NO. The van der Waals surface area contributed by atoms with Gasteiger partial charge in [-0.3, -0.25) is 0 Å². The highest BCUT2D eigenvalue weighted by atomic mass is 16.5. The number of hydrogen-bond donors (Lipinski definition) is 1. The van der Waals surface area contributed by atoms with Gasteiger partial charge in [-0.1, -0.05) is 12.1 Å². The molecule has 2 aliphatic rings. The van der Waals surface area contributed by atoms with E-state index in [4.69, 9.17) is 4.74 Å². The van der Waals surface area contributed by atoms with Crippen LogP contribution in [0, 0.1) is 6.92 Å². The number of methoxy groups -OCH3 is 1. The second-order valence-electron chi connectivity index (χ2n) is 4.98. The summed E-state index contributed by atoms with van der Waals surface area (Å²) in [5.41, 5.74) is 4.27. The smallest absolute Gasteiger partial charge is 0.125 e. The van der Waals surface area contributed by atoms with Crippen molar-refractivity contribution in [1.29, 1.82) is 0 Å². The minimum atomic E-state index is 0.708. The Morgan fingerprint density at radius 2 is 2.19 bits per heavy atom. The summed E-state index contributed by atoms with van der Waals surface area (Å²) in [4.78, 5) is 0. The Morgan fingerprint density at radius 3 is 3.00 bits per heavy atom. The van der Waals surface area contributed by atoms with Crippen molar-refractivity contribution in [2.24, 2.45) is 0 Å². The standard InChI is InChI=1S/C14H19NO/c1-9-3-4-10-11-7-8-15-13(11)6-5-12(10)14(9)16-2/h3-4,11,13,15H,5-8H2,1-2H3/t11-,13+/m1/s1. The quantitative estimate of drug-likeness (QED) is 0.780. The van der Waals surface area contributed by atoms with Crippen LogP contribution in [0.1, 0.15) is 35.4 Å². The van der Waals surface area contributed by atoms with Gasteiger partial charge in [0.05, 0.1) is 7.11 Å². The van der Waals surface area contributed by atoms with E-state index >= 15 is 0 Å². The first-order valence-corrected chi connectivity index (χ1v) is 6.21. The number of rotatable bonds is 1. The van der Waals surface area contributed by atoms with Crippen LogP contribution >= 0.6 is 0 Å². The lowest BCUT2D eigenvalue weighted by Gasteiger charge is -2.29. The molecule has 1 heterocycles. The third-order valence-corrected chi connectivity index (χ3v) is 4.15. The van der Waals surface area contributed by atoms with Gasteiger partial charge in [-0.2, -0.15) is 0 Å². The predicted molar refractivity (Wildman–Crippen MR) is 65.2 cm³/mol. The summed E-state index contributed by atoms with van der Waals surface area (Å²) >= 11 is 0. The van der Waals surface area contributed by atoms with Crippen molar-refractivity contribution in [3.05, 3.63) is 28.8 Å². The van der Waals surface area contributed by atoms with E-state index in [0.29, 0.717) is 6.04 Å². The monoisotopic (exact) mass is 217 g/mol. The van der Waals surface area contributed by atoms with Crippen LogP contribution in [-0.4, -0.2) is 19.7 Å². The van der Waals surface area contributed by atoms with Crippen molar-refractivity contribution >= 4 is 0 Å². The van der Waals surface area contributed by atoms with Crippen molar-refractivity contribution < 1.29 is 4.74 Å². The van der Waals surface area contributed by atoms with E-state index in [1.807, 2.05) is 0 Å². The SMILES string of the molecule is COc1c(C)ccc2c1CC[C@@H]1NCC[C@H]21. The molecule has 0 spiro atoms. The molecule has 16 heavy (non-hydrogen) atoms. The van der Waals surface area contributed by atoms with E-state index in [1.54, 1.807) is 7.11 Å². The summed E-state index contributed by atoms with van der Waals surface area (Å²) in [5, 5.41) is 3.61. The molecule has 2 heteroatoms. The molecule has 1 aliphatic heterocycles. The summed E-state index contributed by atoms with van der Waals surface area (Å²) in [6.45, 7) is 3.31. The molecule has 2 nitrogen and oxygen atoms in total. The van der Waals surface area contributed by atoms with Crippen LogP contribution in [0.2, 0.25) is 0 Å². The molecule has 0 radical (unpaired) electrons. The van der Waals surface area contributed by atoms with Crippen molar-refractivity contribution in [1.82, 2.24) is 5.32 Å². The Morgan fingerprint density at radius 1 is 1.31 bits per heavy atom. The molecule has 1 aliphatic carbocycles. The largest absolute Gasteiger partial charge is 0.496 e. The average Bonchev–Trinajstić information content (AvgIpc) is 2.76. The summed E-state index contributed by atoms with van der Waals surface area (Å²) in [6.07, 6.45) is 3.70. The topological polar surface area (TPSA) is 21.3 Å². The Balaban J connectivity index is 2.10. The van der Waals surface area contributed by atoms with Crippen LogP contribution in [0.5, 0.6) is 5.75 Å². The molecule has 3 rings (SSSR count). The lowest BCUT2D eigenvalue weighted by atomic mass is 9.79. The molecule has 1 aromatic carbocycles. The third-order valence-electron chi connectivity index (χ3n) is 4.15. The molecule has 0 aromatic heterocycles. The maximum Gasteiger partial charge on any atom is 0.125 e. The molecule has 0 bridgehead atoms. The lowest BCUT2D eigenvalue weighted by Crippen LogP contribution is -2.30. The minimum Gasteiger partial charge on any atom is -0.496 e. The highest BCUT2D eigenvalue weighted by Crippen LogP contribution is 2.41. The maximum atomic E-state index is 5.57. The fraction of sp³-hybridized carbons (Fsp3) is 0.571. The van der Waals surface area contributed by atoms with Crippen LogP contribution in [-0.2, 0) is 6.42 Å². The van der Waals surface area contributed by atoms with Crippen molar-refractivity contribution in [2.75, 3.05) is 13.7 Å². The van der Waals surface area contributed by atoms with Gasteiger partial charge in [0.15, 0.2) is 0 Å². The number of aryl methyl sites for hydroxylation is 1. The third kappa shape index (κ3) is 1.36. The number of benzene rings is 1. The second kappa shape index (κ2) is 3.77. The Kier molecular flexibility index (Phi) is 2.40. The van der Waals surface area contributed by atoms with Gasteiger partial charge in [-0.05, 0) is 49.4 Å². The van der Waals surface area contributed by atoms with Gasteiger partial charge >= 0.3 is 0 Å². The Hall–Kier alpha value is -1.02. The minimum absolute atomic E-state index is 0.708. The van der Waals surface area contributed by atoms with E-state index in [0.717, 1.165) is 18.1 Å². The first kappa shape index (κ1) is 10.2. The van der Waals surface area contributed by atoms with Crippen molar-refractivity contribution in [3.63, 3.8) is 0 Å². The second-order valence-corrected chi connectivity index (χ2v) is 4.98. The van der Waals surface area contributed by atoms with E-state index in [1.165, 1.54) is 36.1 Å². The molecule has 86 valence electrons. The number of fused-ring (bicyclic) bond motifs is 3. The lowest BCUT2D eigenvalue weighted by molar-refractivity contribution is 0.395. The van der Waals surface area contributed by atoms with E-state index < -0.39 is 0 Å². The van der Waals surface area contributed by atoms with Gasteiger partial charge < -0.3 is 10.1 Å². The predicted octanol–water partition coefficient (Wildman–Crippen LogP) is 2.40. The van der Waals surface area contributed by atoms with Crippen molar-refractivity contribution in [3.8, 4) is 5.75 Å². The Bertz CT molecular complexity index is 413. The molecular weight excluding hydrogens is 198 g/mol. The summed E-state index contributed by atoms with van der Waals surface area (Å²) in [5.74, 6) is 1.85. The average molecular weight is 217 g/mol. The molecule has 1 N–H and O–H groups in total. The van der Waals surface area contributed by atoms with Gasteiger partial charge in [0.25, 0.3) is 0 Å². The number of ether oxygens (including phenoxy) is 1. The number of hydrogen-bond acceptors (Lipinski definition) is 2. The van der Waals surface area contributed by atoms with Crippen LogP contribution in [0.25, 0.3) is 0 Å². The van der Waals surface area contributed by atoms with E-state index in [-0.39, 0.29) is 0 Å². The zero-order valence-electron chi connectivity index (χ0n) is 10.0. The number of nitrogens with one attached hydrogen (secondary N) is 1. The molecule has 1 fully saturated rings. The van der Waals surface area contributed by atoms with Gasteiger partial charge in [0.1, 0.15) is 5.75 Å². The molecule has 0 saturated carbocycles. The first-order valence-electron chi connectivity index (χ1n) is 6.21. The fourth-order valence-electron chi connectivity index (χ4n) is 3.39. The van der Waals surface area contributed by atoms with Crippen molar-refractivity contribution in [2.45, 2.75) is 38.1 Å². The molecule has 0 unspecified atom stereocenters. The highest BCUT2D eigenvalue weighted by Gasteiger charge is 2.34. The molecule has 1 saturated heterocycles. The molecule has 1 aromatic rings. The Labute approximate surface area is 97.0 Å². The molecule has 0 amide bonds.